The number of amides is 2. The Labute approximate surface area is 190 Å². The molecule has 0 aliphatic heterocycles. The van der Waals surface area contributed by atoms with Gasteiger partial charge in [0.05, 0.1) is 22.4 Å². The highest BCUT2D eigenvalue weighted by atomic mass is 35.5. The first-order valence-corrected chi connectivity index (χ1v) is 11.1. The van der Waals surface area contributed by atoms with Gasteiger partial charge in [-0.15, -0.1) is 10.2 Å². The van der Waals surface area contributed by atoms with Gasteiger partial charge in [-0.2, -0.15) is 0 Å². The van der Waals surface area contributed by atoms with E-state index in [4.69, 9.17) is 11.6 Å². The number of hydrogen-bond donors (Lipinski definition) is 2. The van der Waals surface area contributed by atoms with Crippen molar-refractivity contribution in [1.29, 1.82) is 0 Å². The highest BCUT2D eigenvalue weighted by Crippen LogP contribution is 2.22. The first kappa shape index (κ1) is 22.8. The highest BCUT2D eigenvalue weighted by Gasteiger charge is 2.20. The van der Waals surface area contributed by atoms with Crippen LogP contribution in [0.15, 0.2) is 47.6 Å². The summed E-state index contributed by atoms with van der Waals surface area (Å²) in [6.45, 7) is 5.80. The fourth-order valence-corrected chi connectivity index (χ4v) is 3.96. The third-order valence-electron chi connectivity index (χ3n) is 4.93. The molecule has 3 aromatic rings. The summed E-state index contributed by atoms with van der Waals surface area (Å²) in [4.78, 5) is 24.9. The molecule has 2 N–H and O–H groups in total. The van der Waals surface area contributed by atoms with Gasteiger partial charge in [0, 0.05) is 12.7 Å². The second kappa shape index (κ2) is 9.98. The molecule has 0 unspecified atom stereocenters. The van der Waals surface area contributed by atoms with E-state index in [1.807, 2.05) is 39.0 Å². The second-order valence-corrected chi connectivity index (χ2v) is 8.51. The van der Waals surface area contributed by atoms with Gasteiger partial charge in [0.1, 0.15) is 0 Å². The molecule has 0 aliphatic carbocycles. The number of carbonyl (C=O) groups excluding carboxylic acids is 2. The lowest BCUT2D eigenvalue weighted by molar-refractivity contribution is -0.113. The maximum Gasteiger partial charge on any atom is 0.253 e. The Balaban J connectivity index is 1.60. The van der Waals surface area contributed by atoms with Crippen LogP contribution in [-0.4, -0.2) is 32.3 Å². The average molecular weight is 458 g/mol. The van der Waals surface area contributed by atoms with Crippen molar-refractivity contribution >= 4 is 40.9 Å². The van der Waals surface area contributed by atoms with Crippen LogP contribution in [0.3, 0.4) is 0 Å². The van der Waals surface area contributed by atoms with Crippen LogP contribution in [0.4, 0.5) is 5.69 Å². The van der Waals surface area contributed by atoms with Gasteiger partial charge in [0.25, 0.3) is 5.91 Å². The Morgan fingerprint density at radius 2 is 1.87 bits per heavy atom. The molecule has 0 bridgehead atoms. The largest absolute Gasteiger partial charge is 0.342 e. The smallest absolute Gasteiger partial charge is 0.253 e. The summed E-state index contributed by atoms with van der Waals surface area (Å²) >= 11 is 7.38. The predicted molar refractivity (Wildman–Crippen MR) is 124 cm³/mol. The zero-order valence-electron chi connectivity index (χ0n) is 17.8. The fraction of sp³-hybridized carbons (Fsp3) is 0.273. The summed E-state index contributed by atoms with van der Waals surface area (Å²) in [6.07, 6.45) is 0. The van der Waals surface area contributed by atoms with E-state index in [0.29, 0.717) is 21.6 Å². The number of aromatic nitrogens is 3. The Kier molecular flexibility index (Phi) is 7.35. The van der Waals surface area contributed by atoms with Crippen LogP contribution in [0.5, 0.6) is 0 Å². The lowest BCUT2D eigenvalue weighted by Gasteiger charge is -2.14. The molecule has 31 heavy (non-hydrogen) atoms. The number of nitrogens with one attached hydrogen (secondary N) is 2. The maximum atomic E-state index is 12.5. The summed E-state index contributed by atoms with van der Waals surface area (Å²) in [5.41, 5.74) is 3.37. The van der Waals surface area contributed by atoms with Gasteiger partial charge < -0.3 is 15.2 Å². The summed E-state index contributed by atoms with van der Waals surface area (Å²) < 4.78 is 1.77. The van der Waals surface area contributed by atoms with Gasteiger partial charge in [-0.05, 0) is 50.1 Å². The molecule has 0 saturated heterocycles. The topological polar surface area (TPSA) is 88.9 Å². The number of anilines is 1. The molecule has 7 nitrogen and oxygen atoms in total. The molecule has 0 radical (unpaired) electrons. The SMILES string of the molecule is Cc1cccc(NC(=O)CSc2nnc([C@H](C)NC(=O)c3ccccc3Cl)n2C)c1C. The van der Waals surface area contributed by atoms with Gasteiger partial charge in [0.2, 0.25) is 5.91 Å². The van der Waals surface area contributed by atoms with Gasteiger partial charge in [-0.1, -0.05) is 47.6 Å². The van der Waals surface area contributed by atoms with Crippen LogP contribution in [0.2, 0.25) is 5.02 Å². The van der Waals surface area contributed by atoms with Gasteiger partial charge >= 0.3 is 0 Å². The van der Waals surface area contributed by atoms with Crippen molar-refractivity contribution in [3.63, 3.8) is 0 Å². The van der Waals surface area contributed by atoms with E-state index in [-0.39, 0.29) is 23.6 Å². The third-order valence-corrected chi connectivity index (χ3v) is 6.28. The molecule has 0 fully saturated rings. The van der Waals surface area contributed by atoms with Crippen molar-refractivity contribution in [2.45, 2.75) is 32.0 Å². The fourth-order valence-electron chi connectivity index (χ4n) is 3.02. The van der Waals surface area contributed by atoms with E-state index >= 15 is 0 Å². The normalized spacial score (nSPS) is 11.8. The maximum absolute atomic E-state index is 12.5. The first-order valence-electron chi connectivity index (χ1n) is 9.71. The molecular weight excluding hydrogens is 434 g/mol. The van der Waals surface area contributed by atoms with Crippen LogP contribution in [0, 0.1) is 13.8 Å². The van der Waals surface area contributed by atoms with Gasteiger partial charge in [0.15, 0.2) is 11.0 Å². The third kappa shape index (κ3) is 5.45. The molecular formula is C22H24ClN5O2S. The van der Waals surface area contributed by atoms with Crippen molar-refractivity contribution in [3.8, 4) is 0 Å². The number of thioether (sulfide) groups is 1. The number of benzene rings is 2. The van der Waals surface area contributed by atoms with E-state index in [2.05, 4.69) is 20.8 Å². The Morgan fingerprint density at radius 1 is 1.13 bits per heavy atom. The standard InChI is InChI=1S/C22H24ClN5O2S/c1-13-8-7-11-18(14(13)2)25-19(29)12-31-22-27-26-20(28(22)4)15(3)24-21(30)16-9-5-6-10-17(16)23/h5-11,15H,12H2,1-4H3,(H,24,30)(H,25,29)/t15-/m0/s1. The van der Waals surface area contributed by atoms with Crippen molar-refractivity contribution in [3.05, 3.63) is 70.0 Å². The molecule has 3 rings (SSSR count). The summed E-state index contributed by atoms with van der Waals surface area (Å²) in [6, 6.07) is 12.3. The lowest BCUT2D eigenvalue weighted by Crippen LogP contribution is -2.28. The molecule has 9 heteroatoms. The first-order chi connectivity index (χ1) is 14.8. The minimum atomic E-state index is -0.389. The minimum Gasteiger partial charge on any atom is -0.342 e. The van der Waals surface area contributed by atoms with Gasteiger partial charge in [-0.3, -0.25) is 9.59 Å². The zero-order chi connectivity index (χ0) is 22.5. The van der Waals surface area contributed by atoms with Crippen molar-refractivity contribution in [2.24, 2.45) is 7.05 Å². The molecule has 2 amide bonds. The summed E-state index contributed by atoms with van der Waals surface area (Å²) in [7, 11) is 1.80. The second-order valence-electron chi connectivity index (χ2n) is 7.16. The molecule has 0 spiro atoms. The van der Waals surface area contributed by atoms with Crippen molar-refractivity contribution in [2.75, 3.05) is 11.1 Å². The molecule has 1 atom stereocenters. The van der Waals surface area contributed by atoms with E-state index < -0.39 is 0 Å². The summed E-state index contributed by atoms with van der Waals surface area (Å²) in [5.74, 6) is 0.365. The number of aryl methyl sites for hydroxylation is 1. The molecule has 162 valence electrons. The number of nitrogens with zero attached hydrogens (tertiary/aromatic N) is 3. The van der Waals surface area contributed by atoms with Crippen molar-refractivity contribution in [1.82, 2.24) is 20.1 Å². The van der Waals surface area contributed by atoms with Crippen LogP contribution < -0.4 is 10.6 Å². The van der Waals surface area contributed by atoms with E-state index in [1.54, 1.807) is 35.9 Å². The lowest BCUT2D eigenvalue weighted by atomic mass is 10.1. The quantitative estimate of drug-likeness (QED) is 0.516. The molecule has 0 aliphatic rings. The number of carbonyl (C=O) groups is 2. The molecule has 2 aromatic carbocycles. The molecule has 1 aromatic heterocycles. The highest BCUT2D eigenvalue weighted by molar-refractivity contribution is 7.99. The Bertz CT molecular complexity index is 1120. The summed E-state index contributed by atoms with van der Waals surface area (Å²) in [5, 5.41) is 15.1. The van der Waals surface area contributed by atoms with Crippen molar-refractivity contribution < 1.29 is 9.59 Å². The van der Waals surface area contributed by atoms with E-state index in [9.17, 15) is 9.59 Å². The zero-order valence-corrected chi connectivity index (χ0v) is 19.3. The number of halogens is 1. The van der Waals surface area contributed by atoms with E-state index in [1.165, 1.54) is 11.8 Å². The molecule has 1 heterocycles. The minimum absolute atomic E-state index is 0.122. The van der Waals surface area contributed by atoms with Gasteiger partial charge in [-0.25, -0.2) is 0 Å². The van der Waals surface area contributed by atoms with Crippen LogP contribution >= 0.6 is 23.4 Å². The molecule has 0 saturated carbocycles. The number of hydrogen-bond acceptors (Lipinski definition) is 5. The van der Waals surface area contributed by atoms with Crippen LogP contribution in [-0.2, 0) is 11.8 Å². The van der Waals surface area contributed by atoms with Crippen LogP contribution in [0.1, 0.15) is 40.3 Å². The van der Waals surface area contributed by atoms with Crippen LogP contribution in [0.25, 0.3) is 0 Å². The Morgan fingerprint density at radius 3 is 2.61 bits per heavy atom. The predicted octanol–water partition coefficient (Wildman–Crippen LogP) is 4.31. The average Bonchev–Trinajstić information content (AvgIpc) is 3.10. The number of rotatable bonds is 7. The van der Waals surface area contributed by atoms with E-state index in [0.717, 1.165) is 16.8 Å². The monoisotopic (exact) mass is 457 g/mol. The Hall–Kier alpha value is -2.84.